The average Bonchev–Trinajstić information content (AvgIpc) is 2.91. The van der Waals surface area contributed by atoms with Crippen molar-refractivity contribution in [3.05, 3.63) is 102 Å². The van der Waals surface area contributed by atoms with Crippen LogP contribution in [0, 0.1) is 5.82 Å². The number of aromatic hydroxyl groups is 1. The average molecular weight is 522 g/mol. The van der Waals surface area contributed by atoms with Gasteiger partial charge >= 0.3 is 6.09 Å². The van der Waals surface area contributed by atoms with E-state index in [0.29, 0.717) is 17.8 Å². The molecule has 3 aromatic rings. The Morgan fingerprint density at radius 3 is 2.45 bits per heavy atom. The van der Waals surface area contributed by atoms with E-state index in [1.807, 2.05) is 0 Å². The van der Waals surface area contributed by atoms with Crippen molar-refractivity contribution in [2.24, 2.45) is 0 Å². The minimum Gasteiger partial charge on any atom is -0.505 e. The largest absolute Gasteiger partial charge is 0.505 e. The number of carbonyl (C=O) groups is 3. The molecule has 0 unspecified atom stereocenters. The van der Waals surface area contributed by atoms with Crippen LogP contribution in [-0.2, 0) is 14.3 Å². The van der Waals surface area contributed by atoms with Crippen LogP contribution in [0.15, 0.2) is 84.9 Å². The minimum atomic E-state index is -1.13. The predicted molar refractivity (Wildman–Crippen MR) is 140 cm³/mol. The molecular weight excluding hydrogens is 493 g/mol. The molecule has 0 saturated carbocycles. The minimum absolute atomic E-state index is 0.204. The Morgan fingerprint density at radius 2 is 1.76 bits per heavy atom. The number of halogens is 1. The third kappa shape index (κ3) is 7.90. The van der Waals surface area contributed by atoms with Gasteiger partial charge in [0.25, 0.3) is 5.91 Å². The van der Waals surface area contributed by atoms with Gasteiger partial charge in [0, 0.05) is 12.7 Å². The molecular formula is C28H28FN3O6. The standard InChI is InChI=1S/C28H28FN3O6/c1-37-24(13-7-8-14-25(34)31-22-12-6-5-11-21(22)30)26(19-15-16-23(33)20(29)17-19)38-28(36)32-27(35)18-9-3-2-4-10-18/h2-6,8-12,14-17,24,26,33H,7,13,30H2,1H3,(H,31,34)(H,32,35,36)/b14-8+/t24-,26-/m0/s1. The molecule has 0 saturated heterocycles. The third-order valence-corrected chi connectivity index (χ3v) is 5.53. The number of alkyl carbamates (subject to hydrolysis) is 1. The van der Waals surface area contributed by atoms with Crippen molar-refractivity contribution in [1.29, 1.82) is 0 Å². The summed E-state index contributed by atoms with van der Waals surface area (Å²) >= 11 is 0. The second-order valence-corrected chi connectivity index (χ2v) is 8.19. The second-order valence-electron chi connectivity index (χ2n) is 8.19. The molecule has 0 aliphatic heterocycles. The molecule has 3 amide bonds. The highest BCUT2D eigenvalue weighted by molar-refractivity contribution is 6.03. The molecule has 9 nitrogen and oxygen atoms in total. The number of amides is 3. The Labute approximate surface area is 219 Å². The first-order valence-electron chi connectivity index (χ1n) is 11.7. The van der Waals surface area contributed by atoms with Gasteiger partial charge in [-0.2, -0.15) is 0 Å². The van der Waals surface area contributed by atoms with Crippen molar-refractivity contribution >= 4 is 29.3 Å². The van der Waals surface area contributed by atoms with Crippen LogP contribution in [0.3, 0.4) is 0 Å². The molecule has 0 spiro atoms. The lowest BCUT2D eigenvalue weighted by molar-refractivity contribution is -0.111. The zero-order valence-electron chi connectivity index (χ0n) is 20.6. The van der Waals surface area contributed by atoms with Gasteiger partial charge < -0.3 is 25.6 Å². The molecule has 0 fully saturated rings. The Bertz CT molecular complexity index is 1300. The molecule has 0 heterocycles. The summed E-state index contributed by atoms with van der Waals surface area (Å²) in [5.74, 6) is -2.54. The molecule has 10 heteroatoms. The number of hydrogen-bond donors (Lipinski definition) is 4. The summed E-state index contributed by atoms with van der Waals surface area (Å²) in [6.45, 7) is 0. The van der Waals surface area contributed by atoms with Crippen molar-refractivity contribution in [3.63, 3.8) is 0 Å². The summed E-state index contributed by atoms with van der Waals surface area (Å²) < 4.78 is 25.1. The molecule has 0 aliphatic rings. The summed E-state index contributed by atoms with van der Waals surface area (Å²) in [6, 6.07) is 18.4. The van der Waals surface area contributed by atoms with E-state index in [-0.39, 0.29) is 23.5 Å². The van der Waals surface area contributed by atoms with Gasteiger partial charge in [-0.3, -0.25) is 14.9 Å². The molecule has 2 atom stereocenters. The van der Waals surface area contributed by atoms with Crippen LogP contribution < -0.4 is 16.4 Å². The van der Waals surface area contributed by atoms with Gasteiger partial charge in [0.05, 0.1) is 17.5 Å². The maximum atomic E-state index is 14.1. The molecule has 198 valence electrons. The Balaban J connectivity index is 1.68. The number of hydrogen-bond acceptors (Lipinski definition) is 7. The Morgan fingerprint density at radius 1 is 1.05 bits per heavy atom. The number of imide groups is 1. The molecule has 5 N–H and O–H groups in total. The highest BCUT2D eigenvalue weighted by Gasteiger charge is 2.28. The van der Waals surface area contributed by atoms with Crippen LogP contribution in [-0.4, -0.2) is 36.2 Å². The maximum Gasteiger partial charge on any atom is 0.414 e. The lowest BCUT2D eigenvalue weighted by Crippen LogP contribution is -2.35. The van der Waals surface area contributed by atoms with Crippen LogP contribution in [0.1, 0.15) is 34.9 Å². The molecule has 0 aliphatic carbocycles. The number of rotatable bonds is 10. The topological polar surface area (TPSA) is 140 Å². The van der Waals surface area contributed by atoms with Gasteiger partial charge in [0.2, 0.25) is 5.91 Å². The monoisotopic (exact) mass is 521 g/mol. The van der Waals surface area contributed by atoms with E-state index in [2.05, 4.69) is 10.6 Å². The Kier molecular flexibility index (Phi) is 9.95. The van der Waals surface area contributed by atoms with Crippen molar-refractivity contribution in [1.82, 2.24) is 5.32 Å². The van der Waals surface area contributed by atoms with E-state index >= 15 is 0 Å². The van der Waals surface area contributed by atoms with Gasteiger partial charge in [-0.05, 0) is 60.9 Å². The van der Waals surface area contributed by atoms with Crippen molar-refractivity contribution in [2.75, 3.05) is 18.2 Å². The van der Waals surface area contributed by atoms with Crippen LogP contribution in [0.4, 0.5) is 20.6 Å². The predicted octanol–water partition coefficient (Wildman–Crippen LogP) is 4.71. The zero-order valence-corrected chi connectivity index (χ0v) is 20.6. The van der Waals surface area contributed by atoms with Crippen molar-refractivity contribution in [3.8, 4) is 5.75 Å². The fourth-order valence-corrected chi connectivity index (χ4v) is 3.59. The first-order valence-corrected chi connectivity index (χ1v) is 11.7. The van der Waals surface area contributed by atoms with Gasteiger partial charge in [0.15, 0.2) is 17.7 Å². The fraction of sp³-hybridized carbons (Fsp3) is 0.179. The number of methoxy groups -OCH3 is 1. The number of anilines is 2. The molecule has 0 radical (unpaired) electrons. The van der Waals surface area contributed by atoms with E-state index in [1.54, 1.807) is 48.5 Å². The number of phenolic OH excluding ortho intramolecular Hbond substituents is 1. The number of nitrogens with two attached hydrogens (primary N) is 1. The lowest BCUT2D eigenvalue weighted by Gasteiger charge is -2.26. The number of phenols is 1. The highest BCUT2D eigenvalue weighted by Crippen LogP contribution is 2.29. The number of allylic oxidation sites excluding steroid dienone is 1. The van der Waals surface area contributed by atoms with E-state index in [0.717, 1.165) is 12.1 Å². The summed E-state index contributed by atoms with van der Waals surface area (Å²) in [5, 5.41) is 14.4. The first kappa shape index (κ1) is 27.9. The number of para-hydroxylation sites is 2. The van der Waals surface area contributed by atoms with Crippen LogP contribution in [0.5, 0.6) is 5.75 Å². The highest BCUT2D eigenvalue weighted by atomic mass is 19.1. The molecule has 0 aromatic heterocycles. The number of ether oxygens (including phenoxy) is 2. The van der Waals surface area contributed by atoms with Crippen LogP contribution in [0.25, 0.3) is 0 Å². The van der Waals surface area contributed by atoms with E-state index in [1.165, 1.54) is 31.4 Å². The molecule has 38 heavy (non-hydrogen) atoms. The lowest BCUT2D eigenvalue weighted by atomic mass is 10.00. The number of nitrogen functional groups attached to an aromatic ring is 1. The number of benzene rings is 3. The zero-order chi connectivity index (χ0) is 27.5. The number of carbonyl (C=O) groups excluding carboxylic acids is 3. The quantitative estimate of drug-likeness (QED) is 0.224. The van der Waals surface area contributed by atoms with Crippen LogP contribution in [0.2, 0.25) is 0 Å². The number of nitrogens with one attached hydrogen (secondary N) is 2. The van der Waals surface area contributed by atoms with Gasteiger partial charge in [-0.1, -0.05) is 42.5 Å². The van der Waals surface area contributed by atoms with Crippen molar-refractivity contribution < 1.29 is 33.4 Å². The first-order chi connectivity index (χ1) is 18.3. The summed E-state index contributed by atoms with van der Waals surface area (Å²) in [4.78, 5) is 37.1. The summed E-state index contributed by atoms with van der Waals surface area (Å²) in [6.07, 6.45) is 0.560. The van der Waals surface area contributed by atoms with Gasteiger partial charge in [-0.15, -0.1) is 0 Å². The second kappa shape index (κ2) is 13.6. The molecule has 3 rings (SSSR count). The summed E-state index contributed by atoms with van der Waals surface area (Å²) in [5.41, 5.74) is 7.19. The normalized spacial score (nSPS) is 12.5. The maximum absolute atomic E-state index is 14.1. The van der Waals surface area contributed by atoms with Crippen molar-refractivity contribution in [2.45, 2.75) is 25.0 Å². The van der Waals surface area contributed by atoms with E-state index in [4.69, 9.17) is 15.2 Å². The Hall–Kier alpha value is -4.70. The van der Waals surface area contributed by atoms with E-state index in [9.17, 15) is 23.9 Å². The fourth-order valence-electron chi connectivity index (χ4n) is 3.59. The van der Waals surface area contributed by atoms with Gasteiger partial charge in [0.1, 0.15) is 0 Å². The summed E-state index contributed by atoms with van der Waals surface area (Å²) in [7, 11) is 1.39. The molecule has 3 aromatic carbocycles. The van der Waals surface area contributed by atoms with E-state index < -0.39 is 35.8 Å². The van der Waals surface area contributed by atoms with Gasteiger partial charge in [-0.25, -0.2) is 9.18 Å². The SMILES string of the molecule is CO[C@@H](CC/C=C/C(=O)Nc1ccccc1N)[C@@H](OC(=O)NC(=O)c1ccccc1)c1ccc(O)c(F)c1. The molecule has 0 bridgehead atoms. The smallest absolute Gasteiger partial charge is 0.414 e. The third-order valence-electron chi connectivity index (χ3n) is 5.53. The van der Waals surface area contributed by atoms with Crippen LogP contribution >= 0.6 is 0 Å².